The van der Waals surface area contributed by atoms with Crippen LogP contribution in [0.2, 0.25) is 0 Å². The van der Waals surface area contributed by atoms with Gasteiger partial charge in [-0.15, -0.1) is 0 Å². The van der Waals surface area contributed by atoms with Gasteiger partial charge in [-0.3, -0.25) is 9.80 Å². The number of piperazine rings is 1. The van der Waals surface area contributed by atoms with Gasteiger partial charge >= 0.3 is 0 Å². The van der Waals surface area contributed by atoms with Crippen molar-refractivity contribution in [3.63, 3.8) is 0 Å². The Kier molecular flexibility index (Phi) is 6.30. The fourth-order valence-electron chi connectivity index (χ4n) is 4.95. The number of rotatable bonds is 5. The summed E-state index contributed by atoms with van der Waals surface area (Å²) in [6.07, 6.45) is 4.78. The summed E-state index contributed by atoms with van der Waals surface area (Å²) in [5, 5.41) is 4.87. The smallest absolute Gasteiger partial charge is 0.199 e. The fourth-order valence-corrected chi connectivity index (χ4v) is 5.25. The summed E-state index contributed by atoms with van der Waals surface area (Å²) in [4.78, 5) is 5.11. The van der Waals surface area contributed by atoms with Crippen LogP contribution < -0.4 is 0 Å². The molecule has 3 heterocycles. The lowest BCUT2D eigenvalue weighted by molar-refractivity contribution is 0.0842. The third kappa shape index (κ3) is 4.52. The van der Waals surface area contributed by atoms with Crippen LogP contribution in [0.3, 0.4) is 0 Å². The van der Waals surface area contributed by atoms with E-state index in [0.717, 1.165) is 50.6 Å². The number of hydrogen-bond acceptors (Lipinski definition) is 4. The van der Waals surface area contributed by atoms with Gasteiger partial charge in [0.2, 0.25) is 0 Å². The molecule has 0 radical (unpaired) electrons. The molecule has 0 N–H and O–H groups in total. The lowest BCUT2D eigenvalue weighted by Crippen LogP contribution is -2.48. The fraction of sp³-hybridized carbons (Fsp3) is 0.440. The molecule has 2 aromatic carbocycles. The lowest BCUT2D eigenvalue weighted by Gasteiger charge is -2.39. The van der Waals surface area contributed by atoms with Gasteiger partial charge in [0, 0.05) is 39.1 Å². The van der Waals surface area contributed by atoms with Crippen LogP contribution in [0, 0.1) is 4.77 Å². The van der Waals surface area contributed by atoms with E-state index in [2.05, 4.69) is 79.7 Å². The summed E-state index contributed by atoms with van der Waals surface area (Å²) in [7, 11) is 0. The molecule has 0 amide bonds. The van der Waals surface area contributed by atoms with E-state index in [4.69, 9.17) is 17.3 Å². The van der Waals surface area contributed by atoms with E-state index in [1.54, 1.807) is 0 Å². The zero-order valence-corrected chi connectivity index (χ0v) is 18.9. The van der Waals surface area contributed by atoms with Crippen LogP contribution >= 0.6 is 12.2 Å². The monoisotopic (exact) mass is 433 g/mol. The minimum atomic E-state index is 0.301. The molecule has 2 aliphatic rings. The van der Waals surface area contributed by atoms with Gasteiger partial charge in [0.1, 0.15) is 5.82 Å². The number of benzene rings is 2. The highest BCUT2D eigenvalue weighted by atomic mass is 32.1. The average Bonchev–Trinajstić information content (AvgIpc) is 2.97. The van der Waals surface area contributed by atoms with E-state index in [9.17, 15) is 0 Å². The molecule has 3 aromatic rings. The van der Waals surface area contributed by atoms with Crippen LogP contribution in [0.25, 0.3) is 0 Å². The molecular formula is C25H31N5S. The summed E-state index contributed by atoms with van der Waals surface area (Å²) >= 11 is 5.76. The molecule has 0 aliphatic carbocycles. The quantitative estimate of drug-likeness (QED) is 0.554. The van der Waals surface area contributed by atoms with Gasteiger partial charge in [0.05, 0.1) is 12.7 Å². The number of aryl methyl sites for hydroxylation is 1. The Morgan fingerprint density at radius 2 is 1.42 bits per heavy atom. The van der Waals surface area contributed by atoms with E-state index in [1.807, 2.05) is 0 Å². The van der Waals surface area contributed by atoms with Crippen LogP contribution in [0.15, 0.2) is 60.7 Å². The Labute approximate surface area is 189 Å². The Hall–Kier alpha value is -2.28. The van der Waals surface area contributed by atoms with E-state index in [0.29, 0.717) is 6.04 Å². The summed E-state index contributed by atoms with van der Waals surface area (Å²) in [6, 6.07) is 22.1. The lowest BCUT2D eigenvalue weighted by atomic mass is 9.96. The molecule has 0 bridgehead atoms. The maximum atomic E-state index is 5.76. The summed E-state index contributed by atoms with van der Waals surface area (Å²) in [6.45, 7) is 5.96. The highest BCUT2D eigenvalue weighted by molar-refractivity contribution is 7.71. The Morgan fingerprint density at radius 3 is 2.06 bits per heavy atom. The molecule has 162 valence electrons. The van der Waals surface area contributed by atoms with Gasteiger partial charge in [-0.2, -0.15) is 5.10 Å². The van der Waals surface area contributed by atoms with Gasteiger partial charge in [-0.1, -0.05) is 67.1 Å². The first-order chi connectivity index (χ1) is 15.3. The Morgan fingerprint density at radius 1 is 0.774 bits per heavy atom. The molecule has 1 saturated heterocycles. The molecule has 5 rings (SSSR count). The van der Waals surface area contributed by atoms with Gasteiger partial charge < -0.3 is 4.57 Å². The molecule has 0 atom stereocenters. The molecule has 6 heteroatoms. The van der Waals surface area contributed by atoms with Gasteiger partial charge in [0.15, 0.2) is 4.77 Å². The second-order valence-electron chi connectivity index (χ2n) is 8.68. The standard InChI is InChI=1S/C25H31N5S/c31-25-29-15-9-3-8-14-23(29)26-30(25)20-27-16-18-28(19-17-27)24(21-10-4-1-5-11-21)22-12-6-2-7-13-22/h1-2,4-7,10-13,24H,3,8-9,14-20H2. The van der Waals surface area contributed by atoms with Crippen molar-refractivity contribution in [2.45, 2.75) is 44.9 Å². The maximum absolute atomic E-state index is 5.76. The van der Waals surface area contributed by atoms with Crippen molar-refractivity contribution in [1.82, 2.24) is 24.1 Å². The predicted molar refractivity (Wildman–Crippen MR) is 126 cm³/mol. The van der Waals surface area contributed by atoms with Crippen molar-refractivity contribution in [3.8, 4) is 0 Å². The predicted octanol–water partition coefficient (Wildman–Crippen LogP) is 4.51. The number of fused-ring (bicyclic) bond motifs is 1. The second kappa shape index (κ2) is 9.47. The van der Waals surface area contributed by atoms with E-state index in [1.165, 1.54) is 36.2 Å². The highest BCUT2D eigenvalue weighted by Gasteiger charge is 2.27. The van der Waals surface area contributed by atoms with Gasteiger partial charge in [-0.25, -0.2) is 4.68 Å². The topological polar surface area (TPSA) is 29.2 Å². The Balaban J connectivity index is 1.29. The Bertz CT molecular complexity index is 995. The van der Waals surface area contributed by atoms with Crippen molar-refractivity contribution < 1.29 is 0 Å². The maximum Gasteiger partial charge on any atom is 0.199 e. The number of aromatic nitrogens is 3. The van der Waals surface area contributed by atoms with Crippen LogP contribution in [-0.2, 0) is 19.6 Å². The van der Waals surface area contributed by atoms with Gasteiger partial charge in [-0.05, 0) is 36.2 Å². The summed E-state index contributed by atoms with van der Waals surface area (Å²) in [5.41, 5.74) is 2.73. The first kappa shape index (κ1) is 20.6. The largest absolute Gasteiger partial charge is 0.304 e. The summed E-state index contributed by atoms with van der Waals surface area (Å²) in [5.74, 6) is 1.18. The van der Waals surface area contributed by atoms with E-state index >= 15 is 0 Å². The highest BCUT2D eigenvalue weighted by Crippen LogP contribution is 2.29. The third-order valence-electron chi connectivity index (χ3n) is 6.62. The van der Waals surface area contributed by atoms with Crippen LogP contribution in [0.1, 0.15) is 42.3 Å². The third-order valence-corrected chi connectivity index (χ3v) is 7.05. The molecule has 31 heavy (non-hydrogen) atoms. The van der Waals surface area contributed by atoms with Gasteiger partial charge in [0.25, 0.3) is 0 Å². The molecule has 0 spiro atoms. The van der Waals surface area contributed by atoms with Crippen LogP contribution in [-0.4, -0.2) is 50.3 Å². The van der Waals surface area contributed by atoms with Crippen molar-refractivity contribution in [1.29, 1.82) is 0 Å². The minimum Gasteiger partial charge on any atom is -0.304 e. The molecule has 1 fully saturated rings. The van der Waals surface area contributed by atoms with Crippen molar-refractivity contribution in [2.75, 3.05) is 26.2 Å². The van der Waals surface area contributed by atoms with E-state index in [-0.39, 0.29) is 0 Å². The minimum absolute atomic E-state index is 0.301. The van der Waals surface area contributed by atoms with Crippen molar-refractivity contribution >= 4 is 12.2 Å². The molecule has 2 aliphatic heterocycles. The van der Waals surface area contributed by atoms with Crippen molar-refractivity contribution in [2.24, 2.45) is 0 Å². The number of hydrogen-bond donors (Lipinski definition) is 0. The first-order valence-electron chi connectivity index (χ1n) is 11.5. The second-order valence-corrected chi connectivity index (χ2v) is 9.05. The van der Waals surface area contributed by atoms with Crippen molar-refractivity contribution in [3.05, 3.63) is 82.4 Å². The molecular weight excluding hydrogens is 402 g/mol. The van der Waals surface area contributed by atoms with E-state index < -0.39 is 0 Å². The van der Waals surface area contributed by atoms with Crippen LogP contribution in [0.4, 0.5) is 0 Å². The summed E-state index contributed by atoms with van der Waals surface area (Å²) < 4.78 is 5.21. The molecule has 0 saturated carbocycles. The molecule has 5 nitrogen and oxygen atoms in total. The van der Waals surface area contributed by atoms with Crippen LogP contribution in [0.5, 0.6) is 0 Å². The normalized spacial score (nSPS) is 18.1. The molecule has 0 unspecified atom stereocenters. The zero-order valence-electron chi connectivity index (χ0n) is 18.1. The SMILES string of the molecule is S=c1n(CN2CCN(C(c3ccccc3)c3ccccc3)CC2)nc2n1CCCCC2. The zero-order chi connectivity index (χ0) is 21.0. The number of nitrogens with zero attached hydrogens (tertiary/aromatic N) is 5. The average molecular weight is 434 g/mol. The first-order valence-corrected chi connectivity index (χ1v) is 11.9. The molecule has 1 aromatic heterocycles.